The van der Waals surface area contributed by atoms with Crippen molar-refractivity contribution in [3.05, 3.63) is 29.3 Å². The number of carbonyl (C=O) groups excluding carboxylic acids is 2. The molecule has 1 aliphatic rings. The average molecular weight is 318 g/mol. The van der Waals surface area contributed by atoms with Crippen molar-refractivity contribution in [2.45, 2.75) is 33.1 Å². The van der Waals surface area contributed by atoms with Crippen molar-refractivity contribution in [2.75, 3.05) is 33.3 Å². The molecule has 0 aliphatic carbocycles. The van der Waals surface area contributed by atoms with E-state index in [0.29, 0.717) is 38.2 Å². The van der Waals surface area contributed by atoms with Gasteiger partial charge in [0.1, 0.15) is 5.75 Å². The Hall–Kier alpha value is -2.04. The third-order valence-electron chi connectivity index (χ3n) is 4.29. The number of hydrogen-bond donors (Lipinski definition) is 0. The highest BCUT2D eigenvalue weighted by Crippen LogP contribution is 2.21. The SMILES string of the molecule is CCCC(=O)N1CCN(C(=O)c2ccc(OC)c(CC)c2)CC1. The first-order valence-corrected chi connectivity index (χ1v) is 8.34. The number of amides is 2. The van der Waals surface area contributed by atoms with Gasteiger partial charge >= 0.3 is 0 Å². The third kappa shape index (κ3) is 4.03. The van der Waals surface area contributed by atoms with E-state index in [4.69, 9.17) is 4.74 Å². The molecule has 1 saturated heterocycles. The van der Waals surface area contributed by atoms with E-state index in [9.17, 15) is 9.59 Å². The number of aryl methyl sites for hydroxylation is 1. The molecule has 1 heterocycles. The van der Waals surface area contributed by atoms with Crippen LogP contribution in [-0.2, 0) is 11.2 Å². The molecule has 0 atom stereocenters. The van der Waals surface area contributed by atoms with Crippen LogP contribution in [0.3, 0.4) is 0 Å². The van der Waals surface area contributed by atoms with Crippen molar-refractivity contribution >= 4 is 11.8 Å². The molecule has 23 heavy (non-hydrogen) atoms. The Labute approximate surface area is 138 Å². The normalized spacial score (nSPS) is 14.7. The zero-order valence-electron chi connectivity index (χ0n) is 14.3. The molecule has 5 heteroatoms. The van der Waals surface area contributed by atoms with E-state index in [-0.39, 0.29) is 11.8 Å². The van der Waals surface area contributed by atoms with Crippen molar-refractivity contribution in [3.8, 4) is 5.75 Å². The molecule has 2 rings (SSSR count). The standard InChI is InChI=1S/C18H26N2O3/c1-4-6-17(21)19-9-11-20(12-10-19)18(22)15-7-8-16(23-3)14(5-2)13-15/h7-8,13H,4-6,9-12H2,1-3H3. The molecule has 0 bridgehead atoms. The van der Waals surface area contributed by atoms with Gasteiger partial charge in [0, 0.05) is 38.2 Å². The van der Waals surface area contributed by atoms with Crippen LogP contribution in [0.1, 0.15) is 42.6 Å². The van der Waals surface area contributed by atoms with E-state index in [0.717, 1.165) is 24.2 Å². The molecule has 126 valence electrons. The topological polar surface area (TPSA) is 49.9 Å². The molecule has 0 aromatic heterocycles. The maximum atomic E-state index is 12.7. The highest BCUT2D eigenvalue weighted by molar-refractivity contribution is 5.94. The molecule has 0 saturated carbocycles. The van der Waals surface area contributed by atoms with Gasteiger partial charge in [0.2, 0.25) is 5.91 Å². The number of benzene rings is 1. The number of methoxy groups -OCH3 is 1. The van der Waals surface area contributed by atoms with Crippen LogP contribution >= 0.6 is 0 Å². The van der Waals surface area contributed by atoms with E-state index in [1.54, 1.807) is 7.11 Å². The van der Waals surface area contributed by atoms with Crippen molar-refractivity contribution in [2.24, 2.45) is 0 Å². The van der Waals surface area contributed by atoms with Crippen LogP contribution in [0.25, 0.3) is 0 Å². The Morgan fingerprint density at radius 1 is 1.09 bits per heavy atom. The third-order valence-corrected chi connectivity index (χ3v) is 4.29. The largest absolute Gasteiger partial charge is 0.496 e. The van der Waals surface area contributed by atoms with Crippen LogP contribution in [-0.4, -0.2) is 54.9 Å². The summed E-state index contributed by atoms with van der Waals surface area (Å²) < 4.78 is 5.31. The van der Waals surface area contributed by atoms with Gasteiger partial charge in [-0.15, -0.1) is 0 Å². The summed E-state index contributed by atoms with van der Waals surface area (Å²) in [5.41, 5.74) is 1.73. The van der Waals surface area contributed by atoms with Crippen molar-refractivity contribution in [1.29, 1.82) is 0 Å². The highest BCUT2D eigenvalue weighted by atomic mass is 16.5. The summed E-state index contributed by atoms with van der Waals surface area (Å²) in [6.07, 6.45) is 2.28. The van der Waals surface area contributed by atoms with Crippen LogP contribution in [0.2, 0.25) is 0 Å². The molecule has 1 aromatic carbocycles. The first-order valence-electron chi connectivity index (χ1n) is 8.34. The van der Waals surface area contributed by atoms with Crippen LogP contribution in [0.15, 0.2) is 18.2 Å². The van der Waals surface area contributed by atoms with Crippen LogP contribution in [0, 0.1) is 0 Å². The first-order chi connectivity index (χ1) is 11.1. The minimum absolute atomic E-state index is 0.0324. The van der Waals surface area contributed by atoms with E-state index >= 15 is 0 Å². The van der Waals surface area contributed by atoms with Gasteiger partial charge in [-0.05, 0) is 36.6 Å². The van der Waals surface area contributed by atoms with Gasteiger partial charge in [-0.25, -0.2) is 0 Å². The predicted molar refractivity (Wildman–Crippen MR) is 89.8 cm³/mol. The van der Waals surface area contributed by atoms with Gasteiger partial charge < -0.3 is 14.5 Å². The molecule has 5 nitrogen and oxygen atoms in total. The fourth-order valence-electron chi connectivity index (χ4n) is 2.90. The van der Waals surface area contributed by atoms with Gasteiger partial charge in [-0.1, -0.05) is 13.8 Å². The van der Waals surface area contributed by atoms with Gasteiger partial charge in [-0.3, -0.25) is 9.59 Å². The van der Waals surface area contributed by atoms with Crippen molar-refractivity contribution in [1.82, 2.24) is 9.80 Å². The molecule has 0 spiro atoms. The lowest BCUT2D eigenvalue weighted by Crippen LogP contribution is -2.50. The number of ether oxygens (including phenoxy) is 1. The Morgan fingerprint density at radius 2 is 1.74 bits per heavy atom. The lowest BCUT2D eigenvalue weighted by Gasteiger charge is -2.35. The van der Waals surface area contributed by atoms with E-state index in [1.807, 2.05) is 41.8 Å². The van der Waals surface area contributed by atoms with E-state index in [2.05, 4.69) is 0 Å². The van der Waals surface area contributed by atoms with Gasteiger partial charge in [0.15, 0.2) is 0 Å². The van der Waals surface area contributed by atoms with Crippen molar-refractivity contribution in [3.63, 3.8) is 0 Å². The molecular weight excluding hydrogens is 292 g/mol. The fourth-order valence-corrected chi connectivity index (χ4v) is 2.90. The minimum atomic E-state index is 0.0324. The lowest BCUT2D eigenvalue weighted by atomic mass is 10.1. The fraction of sp³-hybridized carbons (Fsp3) is 0.556. The average Bonchev–Trinajstić information content (AvgIpc) is 2.60. The maximum absolute atomic E-state index is 12.7. The Morgan fingerprint density at radius 3 is 2.30 bits per heavy atom. The monoisotopic (exact) mass is 318 g/mol. The summed E-state index contributed by atoms with van der Waals surface area (Å²) in [7, 11) is 1.64. The number of piperazine rings is 1. The first kappa shape index (κ1) is 17.3. The summed E-state index contributed by atoms with van der Waals surface area (Å²) in [4.78, 5) is 28.2. The summed E-state index contributed by atoms with van der Waals surface area (Å²) in [6, 6.07) is 5.58. The number of carbonyl (C=O) groups is 2. The molecule has 0 radical (unpaired) electrons. The summed E-state index contributed by atoms with van der Waals surface area (Å²) in [6.45, 7) is 6.50. The van der Waals surface area contributed by atoms with Gasteiger partial charge in [-0.2, -0.15) is 0 Å². The van der Waals surface area contributed by atoms with E-state index < -0.39 is 0 Å². The number of hydrogen-bond acceptors (Lipinski definition) is 3. The zero-order chi connectivity index (χ0) is 16.8. The van der Waals surface area contributed by atoms with Crippen LogP contribution in [0.4, 0.5) is 0 Å². The smallest absolute Gasteiger partial charge is 0.253 e. The molecule has 0 unspecified atom stereocenters. The van der Waals surface area contributed by atoms with Gasteiger partial charge in [0.05, 0.1) is 7.11 Å². The van der Waals surface area contributed by atoms with Gasteiger partial charge in [0.25, 0.3) is 5.91 Å². The Kier molecular flexibility index (Phi) is 6.02. The molecular formula is C18H26N2O3. The molecule has 1 aliphatic heterocycles. The molecule has 1 fully saturated rings. The second-order valence-electron chi connectivity index (χ2n) is 5.80. The molecule has 2 amide bonds. The predicted octanol–water partition coefficient (Wildman–Crippen LogP) is 2.34. The van der Waals surface area contributed by atoms with Crippen molar-refractivity contribution < 1.29 is 14.3 Å². The highest BCUT2D eigenvalue weighted by Gasteiger charge is 2.24. The second kappa shape index (κ2) is 7.99. The summed E-state index contributed by atoms with van der Waals surface area (Å²) in [5, 5.41) is 0. The number of rotatable bonds is 5. The zero-order valence-corrected chi connectivity index (χ0v) is 14.3. The lowest BCUT2D eigenvalue weighted by molar-refractivity contribution is -0.132. The Balaban J connectivity index is 2.01. The number of nitrogens with zero attached hydrogens (tertiary/aromatic N) is 2. The van der Waals surface area contributed by atoms with Crippen LogP contribution < -0.4 is 4.74 Å². The van der Waals surface area contributed by atoms with E-state index in [1.165, 1.54) is 0 Å². The summed E-state index contributed by atoms with van der Waals surface area (Å²) in [5.74, 6) is 1.04. The molecule has 1 aromatic rings. The quantitative estimate of drug-likeness (QED) is 0.837. The molecule has 0 N–H and O–H groups in total. The summed E-state index contributed by atoms with van der Waals surface area (Å²) >= 11 is 0. The van der Waals surface area contributed by atoms with Crippen LogP contribution in [0.5, 0.6) is 5.75 Å². The maximum Gasteiger partial charge on any atom is 0.253 e. The Bertz CT molecular complexity index is 563. The second-order valence-corrected chi connectivity index (χ2v) is 5.80. The minimum Gasteiger partial charge on any atom is -0.496 e.